The first-order valence-electron chi connectivity index (χ1n) is 6.67. The first-order valence-corrected chi connectivity index (χ1v) is 6.67. The minimum absolute atomic E-state index is 0.785. The highest BCUT2D eigenvalue weighted by Crippen LogP contribution is 2.58. The van der Waals surface area contributed by atoms with E-state index in [1.807, 2.05) is 0 Å². The molecule has 23 heavy (non-hydrogen) atoms. The van der Waals surface area contributed by atoms with Gasteiger partial charge in [-0.2, -0.15) is 39.5 Å². The summed E-state index contributed by atoms with van der Waals surface area (Å²) >= 11 is 0. The standard InChI is InChI=1S/C13H17F9O/c1-8(2)5-7(6-9(3,4)23-8)10(14,15)11(16,17)12(18,19)13(20,21)22/h7H,5-6H2,1-4H3. The van der Waals surface area contributed by atoms with Gasteiger partial charge in [0.25, 0.3) is 0 Å². The van der Waals surface area contributed by atoms with Crippen molar-refractivity contribution in [1.82, 2.24) is 0 Å². The van der Waals surface area contributed by atoms with E-state index in [0.29, 0.717) is 0 Å². The van der Waals surface area contributed by atoms with Crippen LogP contribution in [0.5, 0.6) is 0 Å². The first kappa shape index (κ1) is 20.4. The summed E-state index contributed by atoms with van der Waals surface area (Å²) in [7, 11) is 0. The summed E-state index contributed by atoms with van der Waals surface area (Å²) < 4.78 is 123. The van der Waals surface area contributed by atoms with Gasteiger partial charge in [0.2, 0.25) is 0 Å². The molecule has 1 aliphatic heterocycles. The molecule has 0 amide bonds. The number of rotatable bonds is 3. The highest BCUT2D eigenvalue weighted by molar-refractivity contribution is 5.06. The van der Waals surface area contributed by atoms with Crippen molar-refractivity contribution in [3.05, 3.63) is 0 Å². The van der Waals surface area contributed by atoms with Crippen LogP contribution >= 0.6 is 0 Å². The van der Waals surface area contributed by atoms with E-state index in [1.165, 1.54) is 27.7 Å². The summed E-state index contributed by atoms with van der Waals surface area (Å²) in [5, 5.41) is 0. The second-order valence-corrected chi connectivity index (χ2v) is 7.00. The lowest BCUT2D eigenvalue weighted by atomic mass is 9.75. The Hall–Kier alpha value is -0.670. The lowest BCUT2D eigenvalue weighted by Gasteiger charge is -2.49. The molecule has 0 saturated carbocycles. The zero-order valence-corrected chi connectivity index (χ0v) is 12.8. The van der Waals surface area contributed by atoms with Crippen molar-refractivity contribution in [2.24, 2.45) is 5.92 Å². The van der Waals surface area contributed by atoms with Crippen LogP contribution in [0.2, 0.25) is 0 Å². The van der Waals surface area contributed by atoms with Gasteiger partial charge in [0.1, 0.15) is 0 Å². The van der Waals surface area contributed by atoms with Crippen molar-refractivity contribution in [3.63, 3.8) is 0 Å². The van der Waals surface area contributed by atoms with Crippen LogP contribution in [0.15, 0.2) is 0 Å². The van der Waals surface area contributed by atoms with Crippen molar-refractivity contribution in [3.8, 4) is 0 Å². The Labute approximate surface area is 127 Å². The Morgan fingerprint density at radius 2 is 1.04 bits per heavy atom. The minimum atomic E-state index is -6.85. The molecule has 0 aliphatic carbocycles. The Balaban J connectivity index is 3.29. The second-order valence-electron chi connectivity index (χ2n) is 7.00. The quantitative estimate of drug-likeness (QED) is 0.609. The lowest BCUT2D eigenvalue weighted by molar-refractivity contribution is -0.407. The van der Waals surface area contributed by atoms with Gasteiger partial charge in [-0.05, 0) is 40.5 Å². The van der Waals surface area contributed by atoms with Crippen LogP contribution in [0.1, 0.15) is 40.5 Å². The van der Waals surface area contributed by atoms with E-state index in [0.717, 1.165) is 0 Å². The highest BCUT2D eigenvalue weighted by atomic mass is 19.4. The second kappa shape index (κ2) is 5.16. The summed E-state index contributed by atoms with van der Waals surface area (Å²) in [5.41, 5.74) is -2.75. The molecule has 10 heteroatoms. The number of ether oxygens (including phenoxy) is 1. The van der Waals surface area contributed by atoms with E-state index in [4.69, 9.17) is 4.74 Å². The molecule has 1 nitrogen and oxygen atoms in total. The Morgan fingerprint density at radius 1 is 0.696 bits per heavy atom. The number of alkyl halides is 9. The van der Waals surface area contributed by atoms with E-state index < -0.39 is 53.9 Å². The molecule has 1 heterocycles. The predicted molar refractivity (Wildman–Crippen MR) is 62.9 cm³/mol. The normalized spacial score (nSPS) is 23.9. The SMILES string of the molecule is CC1(C)CC(C(F)(F)C(F)(F)C(F)(F)C(F)(F)F)CC(C)(C)O1. The van der Waals surface area contributed by atoms with Crippen LogP contribution in [0, 0.1) is 5.92 Å². The number of hydrogen-bond donors (Lipinski definition) is 0. The molecule has 1 rings (SSSR count). The van der Waals surface area contributed by atoms with Gasteiger partial charge >= 0.3 is 23.9 Å². The molecule has 0 aromatic heterocycles. The Kier molecular flexibility index (Phi) is 4.57. The molecule has 138 valence electrons. The van der Waals surface area contributed by atoms with Crippen LogP contribution in [-0.4, -0.2) is 35.1 Å². The molecule has 1 fully saturated rings. The molecule has 0 aromatic carbocycles. The maximum absolute atomic E-state index is 14.0. The molecule has 1 saturated heterocycles. The van der Waals surface area contributed by atoms with Gasteiger partial charge in [-0.1, -0.05) is 0 Å². The van der Waals surface area contributed by atoms with Gasteiger partial charge in [-0.25, -0.2) is 0 Å². The molecular formula is C13H17F9O. The fourth-order valence-electron chi connectivity index (χ4n) is 2.99. The fourth-order valence-corrected chi connectivity index (χ4v) is 2.99. The zero-order valence-electron chi connectivity index (χ0n) is 12.8. The smallest absolute Gasteiger partial charge is 0.370 e. The summed E-state index contributed by atoms with van der Waals surface area (Å²) in [6.45, 7) is 5.10. The highest BCUT2D eigenvalue weighted by Gasteiger charge is 2.83. The van der Waals surface area contributed by atoms with Gasteiger partial charge < -0.3 is 4.74 Å². The van der Waals surface area contributed by atoms with Crippen LogP contribution in [0.4, 0.5) is 39.5 Å². The van der Waals surface area contributed by atoms with Crippen LogP contribution < -0.4 is 0 Å². The largest absolute Gasteiger partial charge is 0.460 e. The molecular weight excluding hydrogens is 343 g/mol. The van der Waals surface area contributed by atoms with Crippen LogP contribution in [0.3, 0.4) is 0 Å². The van der Waals surface area contributed by atoms with E-state index in [9.17, 15) is 39.5 Å². The van der Waals surface area contributed by atoms with Gasteiger partial charge in [-0.15, -0.1) is 0 Å². The summed E-state index contributed by atoms with van der Waals surface area (Å²) in [6.07, 6.45) is -8.37. The topological polar surface area (TPSA) is 9.23 Å². The van der Waals surface area contributed by atoms with Crippen molar-refractivity contribution in [2.45, 2.75) is 75.7 Å². The van der Waals surface area contributed by atoms with E-state index >= 15 is 0 Å². The van der Waals surface area contributed by atoms with E-state index in [-0.39, 0.29) is 0 Å². The number of halogens is 9. The minimum Gasteiger partial charge on any atom is -0.370 e. The molecule has 1 aliphatic rings. The van der Waals surface area contributed by atoms with E-state index in [2.05, 4.69) is 0 Å². The summed E-state index contributed by atoms with van der Waals surface area (Å²) in [5.74, 6) is -21.4. The third-order valence-corrected chi connectivity index (χ3v) is 3.71. The maximum Gasteiger partial charge on any atom is 0.460 e. The summed E-state index contributed by atoms with van der Waals surface area (Å²) in [4.78, 5) is 0. The van der Waals surface area contributed by atoms with Crippen LogP contribution in [-0.2, 0) is 4.74 Å². The molecule has 0 unspecified atom stereocenters. The lowest BCUT2D eigenvalue weighted by Crippen LogP contribution is -2.65. The average Bonchev–Trinajstić information content (AvgIpc) is 2.22. The van der Waals surface area contributed by atoms with Crippen LogP contribution in [0.25, 0.3) is 0 Å². The molecule has 0 N–H and O–H groups in total. The Bertz CT molecular complexity index is 435. The first-order chi connectivity index (χ1) is 9.77. The molecule has 0 bridgehead atoms. The fraction of sp³-hybridized carbons (Fsp3) is 1.00. The molecule has 0 atom stereocenters. The van der Waals surface area contributed by atoms with Crippen molar-refractivity contribution < 1.29 is 44.3 Å². The van der Waals surface area contributed by atoms with Gasteiger partial charge in [-0.3, -0.25) is 0 Å². The Morgan fingerprint density at radius 3 is 1.35 bits per heavy atom. The predicted octanol–water partition coefficient (Wildman–Crippen LogP) is 5.44. The molecule has 0 aromatic rings. The van der Waals surface area contributed by atoms with E-state index in [1.54, 1.807) is 0 Å². The monoisotopic (exact) mass is 360 g/mol. The van der Waals surface area contributed by atoms with Crippen molar-refractivity contribution in [1.29, 1.82) is 0 Å². The number of hydrogen-bond acceptors (Lipinski definition) is 1. The maximum atomic E-state index is 14.0. The zero-order chi connectivity index (χ0) is 18.7. The van der Waals surface area contributed by atoms with Gasteiger partial charge in [0.05, 0.1) is 11.2 Å². The van der Waals surface area contributed by atoms with Crippen molar-refractivity contribution in [2.75, 3.05) is 0 Å². The third-order valence-electron chi connectivity index (χ3n) is 3.71. The third kappa shape index (κ3) is 3.41. The summed E-state index contributed by atoms with van der Waals surface area (Å²) in [6, 6.07) is 0. The van der Waals surface area contributed by atoms with Crippen molar-refractivity contribution >= 4 is 0 Å². The van der Waals surface area contributed by atoms with Gasteiger partial charge in [0, 0.05) is 5.92 Å². The molecule has 0 spiro atoms. The average molecular weight is 360 g/mol. The molecule has 0 radical (unpaired) electrons. The van der Waals surface area contributed by atoms with Gasteiger partial charge in [0.15, 0.2) is 0 Å².